The predicted molar refractivity (Wildman–Crippen MR) is 79.9 cm³/mol. The van der Waals surface area contributed by atoms with Gasteiger partial charge < -0.3 is 10.4 Å². The molecular weight excluding hydrogens is 268 g/mol. The second-order valence-electron chi connectivity index (χ2n) is 6.46. The van der Waals surface area contributed by atoms with Gasteiger partial charge in [-0.05, 0) is 61.3 Å². The summed E-state index contributed by atoms with van der Waals surface area (Å²) in [6.45, 7) is 1.48. The molecule has 21 heavy (non-hydrogen) atoms. The highest BCUT2D eigenvalue weighted by Crippen LogP contribution is 2.47. The van der Waals surface area contributed by atoms with Gasteiger partial charge in [0.1, 0.15) is 0 Å². The average Bonchev–Trinajstić information content (AvgIpc) is 3.10. The number of nitro groups is 1. The highest BCUT2D eigenvalue weighted by atomic mass is 16.6. The van der Waals surface area contributed by atoms with Gasteiger partial charge >= 0.3 is 0 Å². The quantitative estimate of drug-likeness (QED) is 0.624. The molecule has 2 saturated carbocycles. The molecule has 0 spiro atoms. The lowest BCUT2D eigenvalue weighted by Crippen LogP contribution is -2.29. The summed E-state index contributed by atoms with van der Waals surface area (Å²) in [7, 11) is 0. The number of rotatable bonds is 6. The summed E-state index contributed by atoms with van der Waals surface area (Å²) in [6, 6.07) is 6.13. The van der Waals surface area contributed by atoms with Crippen LogP contribution in [-0.2, 0) is 0 Å². The second kappa shape index (κ2) is 6.12. The number of aliphatic hydroxyl groups is 1. The van der Waals surface area contributed by atoms with E-state index in [1.807, 2.05) is 0 Å². The number of fused-ring (bicyclic) bond motifs is 2. The Bertz CT molecular complexity index is 503. The molecule has 5 nitrogen and oxygen atoms in total. The summed E-state index contributed by atoms with van der Waals surface area (Å²) in [4.78, 5) is 10.2. The fraction of sp³-hybridized carbons (Fsp3) is 0.625. The third-order valence-electron chi connectivity index (χ3n) is 5.12. The van der Waals surface area contributed by atoms with Gasteiger partial charge in [0.05, 0.1) is 11.0 Å². The zero-order valence-corrected chi connectivity index (χ0v) is 12.1. The number of hydrogen-bond acceptors (Lipinski definition) is 4. The molecule has 4 unspecified atom stereocenters. The lowest BCUT2D eigenvalue weighted by molar-refractivity contribution is -0.384. The van der Waals surface area contributed by atoms with E-state index in [-0.39, 0.29) is 5.69 Å². The Morgan fingerprint density at radius 1 is 1.29 bits per heavy atom. The minimum absolute atomic E-state index is 0.0564. The van der Waals surface area contributed by atoms with E-state index in [1.165, 1.54) is 37.8 Å². The molecule has 2 fully saturated rings. The third-order valence-corrected chi connectivity index (χ3v) is 5.12. The Kier molecular flexibility index (Phi) is 4.22. The number of nitro benzene ring substituents is 1. The molecule has 0 saturated heterocycles. The monoisotopic (exact) mass is 290 g/mol. The van der Waals surface area contributed by atoms with Gasteiger partial charge in [-0.1, -0.05) is 6.42 Å². The van der Waals surface area contributed by atoms with Crippen molar-refractivity contribution in [3.63, 3.8) is 0 Å². The van der Waals surface area contributed by atoms with Crippen molar-refractivity contribution in [3.05, 3.63) is 39.9 Å². The lowest BCUT2D eigenvalue weighted by Gasteiger charge is -2.22. The lowest BCUT2D eigenvalue weighted by atomic mass is 9.89. The Labute approximate surface area is 124 Å². The number of benzene rings is 1. The number of non-ortho nitro benzene ring substituents is 1. The van der Waals surface area contributed by atoms with Gasteiger partial charge in [0.15, 0.2) is 0 Å². The molecule has 0 heterocycles. The van der Waals surface area contributed by atoms with Crippen molar-refractivity contribution >= 4 is 5.69 Å². The molecule has 2 aliphatic rings. The molecule has 4 atom stereocenters. The van der Waals surface area contributed by atoms with Crippen molar-refractivity contribution in [1.82, 2.24) is 5.32 Å². The molecule has 5 heteroatoms. The molecule has 3 rings (SSSR count). The average molecular weight is 290 g/mol. The van der Waals surface area contributed by atoms with Crippen LogP contribution in [0.5, 0.6) is 0 Å². The number of nitrogens with one attached hydrogen (secondary N) is 1. The molecule has 0 radical (unpaired) electrons. The summed E-state index contributed by atoms with van der Waals surface area (Å²) >= 11 is 0. The molecule has 0 aromatic heterocycles. The summed E-state index contributed by atoms with van der Waals surface area (Å²) in [5.74, 6) is 2.60. The molecular formula is C16H22N2O3. The van der Waals surface area contributed by atoms with Crippen LogP contribution in [0, 0.1) is 27.9 Å². The Balaban J connectivity index is 1.45. The van der Waals surface area contributed by atoms with E-state index in [2.05, 4.69) is 5.32 Å². The van der Waals surface area contributed by atoms with E-state index < -0.39 is 11.0 Å². The molecule has 2 N–H and O–H groups in total. The van der Waals surface area contributed by atoms with Crippen LogP contribution in [0.3, 0.4) is 0 Å². The maximum atomic E-state index is 10.6. The zero-order chi connectivity index (χ0) is 14.8. The maximum absolute atomic E-state index is 10.6. The topological polar surface area (TPSA) is 75.4 Å². The van der Waals surface area contributed by atoms with Crippen LogP contribution in [0.4, 0.5) is 5.69 Å². The van der Waals surface area contributed by atoms with Crippen LogP contribution in [0.25, 0.3) is 0 Å². The van der Waals surface area contributed by atoms with Crippen LogP contribution < -0.4 is 5.32 Å². The number of aliphatic hydroxyl groups excluding tert-OH is 1. The summed E-state index contributed by atoms with van der Waals surface area (Å²) in [5.41, 5.74) is 0.780. The van der Waals surface area contributed by atoms with Crippen LogP contribution in [0.2, 0.25) is 0 Å². The van der Waals surface area contributed by atoms with Gasteiger partial charge in [-0.3, -0.25) is 10.1 Å². The van der Waals surface area contributed by atoms with E-state index >= 15 is 0 Å². The Morgan fingerprint density at radius 2 is 2.05 bits per heavy atom. The number of nitrogens with zero attached hydrogens (tertiary/aromatic N) is 1. The van der Waals surface area contributed by atoms with E-state index in [1.54, 1.807) is 12.1 Å². The van der Waals surface area contributed by atoms with Crippen molar-refractivity contribution < 1.29 is 10.0 Å². The van der Waals surface area contributed by atoms with Crippen molar-refractivity contribution in [2.75, 3.05) is 13.1 Å². The van der Waals surface area contributed by atoms with Gasteiger partial charge in [-0.25, -0.2) is 0 Å². The third kappa shape index (κ3) is 3.24. The second-order valence-corrected chi connectivity index (χ2v) is 6.46. The first-order valence-electron chi connectivity index (χ1n) is 7.76. The minimum atomic E-state index is -0.607. The minimum Gasteiger partial charge on any atom is -0.387 e. The first-order chi connectivity index (χ1) is 10.1. The van der Waals surface area contributed by atoms with Gasteiger partial charge in [0.25, 0.3) is 5.69 Å². The van der Waals surface area contributed by atoms with Crippen molar-refractivity contribution in [3.8, 4) is 0 Å². The van der Waals surface area contributed by atoms with Crippen molar-refractivity contribution in [2.24, 2.45) is 17.8 Å². The normalized spacial score (nSPS) is 28.7. The van der Waals surface area contributed by atoms with Crippen LogP contribution in [0.15, 0.2) is 24.3 Å². The summed E-state index contributed by atoms with van der Waals surface area (Å²) in [6.07, 6.45) is 4.92. The summed E-state index contributed by atoms with van der Waals surface area (Å²) in [5, 5.41) is 24.1. The highest BCUT2D eigenvalue weighted by molar-refractivity contribution is 5.33. The first kappa shape index (κ1) is 14.5. The molecule has 0 amide bonds. The van der Waals surface area contributed by atoms with Crippen LogP contribution in [-0.4, -0.2) is 23.1 Å². The SMILES string of the molecule is O=[N+]([O-])c1ccc(C(O)CNCC2CC3CCC2C3)cc1. The highest BCUT2D eigenvalue weighted by Gasteiger charge is 2.38. The molecule has 2 aliphatic carbocycles. The zero-order valence-electron chi connectivity index (χ0n) is 12.1. The van der Waals surface area contributed by atoms with Gasteiger partial charge in [0, 0.05) is 18.7 Å². The van der Waals surface area contributed by atoms with Gasteiger partial charge in [0.2, 0.25) is 0 Å². The largest absolute Gasteiger partial charge is 0.387 e. The molecule has 114 valence electrons. The fourth-order valence-corrected chi connectivity index (χ4v) is 3.97. The van der Waals surface area contributed by atoms with Crippen LogP contribution >= 0.6 is 0 Å². The standard InChI is InChI=1S/C16H22N2O3/c19-16(12-3-5-15(6-4-12)18(20)21)10-17-9-14-8-11-1-2-13(14)7-11/h3-6,11,13-14,16-17,19H,1-2,7-10H2. The van der Waals surface area contributed by atoms with E-state index in [0.717, 1.165) is 29.9 Å². The molecule has 1 aromatic rings. The van der Waals surface area contributed by atoms with Crippen molar-refractivity contribution in [1.29, 1.82) is 0 Å². The molecule has 2 bridgehead atoms. The van der Waals surface area contributed by atoms with Crippen LogP contribution in [0.1, 0.15) is 37.4 Å². The van der Waals surface area contributed by atoms with Gasteiger partial charge in [-0.2, -0.15) is 0 Å². The Hall–Kier alpha value is -1.46. The maximum Gasteiger partial charge on any atom is 0.269 e. The smallest absolute Gasteiger partial charge is 0.269 e. The van der Waals surface area contributed by atoms with Gasteiger partial charge in [-0.15, -0.1) is 0 Å². The predicted octanol–water partition coefficient (Wildman–Crippen LogP) is 2.65. The van der Waals surface area contributed by atoms with E-state index in [0.29, 0.717) is 6.54 Å². The Morgan fingerprint density at radius 3 is 2.62 bits per heavy atom. The van der Waals surface area contributed by atoms with Crippen molar-refractivity contribution in [2.45, 2.75) is 31.8 Å². The number of hydrogen-bond donors (Lipinski definition) is 2. The summed E-state index contributed by atoms with van der Waals surface area (Å²) < 4.78 is 0. The fourth-order valence-electron chi connectivity index (χ4n) is 3.97. The first-order valence-corrected chi connectivity index (χ1v) is 7.76. The molecule has 1 aromatic carbocycles. The molecule has 0 aliphatic heterocycles. The van der Waals surface area contributed by atoms with E-state index in [9.17, 15) is 15.2 Å². The van der Waals surface area contributed by atoms with E-state index in [4.69, 9.17) is 0 Å².